The van der Waals surface area contributed by atoms with E-state index < -0.39 is 0 Å². The van der Waals surface area contributed by atoms with E-state index in [1.54, 1.807) is 4.90 Å². The molecule has 0 atom stereocenters. The molecule has 4 saturated heterocycles. The second kappa shape index (κ2) is 22.7. The Morgan fingerprint density at radius 3 is 1.51 bits per heavy atom. The molecule has 2 aromatic heterocycles. The number of rotatable bonds is 16. The molecule has 6 heterocycles. The van der Waals surface area contributed by atoms with Crippen molar-refractivity contribution in [1.29, 1.82) is 10.5 Å². The van der Waals surface area contributed by atoms with Crippen molar-refractivity contribution in [3.63, 3.8) is 0 Å². The average Bonchev–Trinajstić information content (AvgIpc) is 4.19. The number of benzene rings is 4. The predicted molar refractivity (Wildman–Crippen MR) is 271 cm³/mol. The monoisotopic (exact) mass is 946 g/mol. The van der Waals surface area contributed by atoms with Crippen molar-refractivity contribution in [2.75, 3.05) is 108 Å². The summed E-state index contributed by atoms with van der Waals surface area (Å²) in [7, 11) is 0. The summed E-state index contributed by atoms with van der Waals surface area (Å²) in [5.41, 5.74) is 8.49. The summed E-state index contributed by atoms with van der Waals surface area (Å²) >= 11 is 0. The fraction of sp³-hybridized carbons (Fsp3) is 0.418. The van der Waals surface area contributed by atoms with Gasteiger partial charge in [0.15, 0.2) is 0 Å². The molecule has 0 radical (unpaired) electrons. The summed E-state index contributed by atoms with van der Waals surface area (Å²) < 4.78 is 32.4. The van der Waals surface area contributed by atoms with Gasteiger partial charge in [0.25, 0.3) is 0 Å². The van der Waals surface area contributed by atoms with Crippen molar-refractivity contribution in [3.8, 4) is 46.2 Å². The van der Waals surface area contributed by atoms with Crippen LogP contribution in [-0.2, 0) is 32.1 Å². The highest BCUT2D eigenvalue weighted by Gasteiger charge is 2.27. The molecule has 4 aromatic carbocycles. The van der Waals surface area contributed by atoms with Crippen LogP contribution in [-0.4, -0.2) is 130 Å². The molecule has 364 valence electrons. The summed E-state index contributed by atoms with van der Waals surface area (Å²) in [4.78, 5) is 32.6. The molecule has 0 unspecified atom stereocenters. The third kappa shape index (κ3) is 10.5. The Morgan fingerprint density at radius 1 is 0.586 bits per heavy atom. The minimum atomic E-state index is -0.339. The SMILES string of the molecule is CCn1c(-c2cccc(N3CCCC3=O)c2)c(C#N)c2ccc(OCCCN3CCOCC3)cc21.CCn1c(-c2cccc(N3CCOC3=O)c2)c(C#N)c2ccc(OCCCN3CCOCC3)cc21. The number of amides is 2. The van der Waals surface area contributed by atoms with Crippen molar-refractivity contribution in [2.24, 2.45) is 0 Å². The lowest BCUT2D eigenvalue weighted by Crippen LogP contribution is -2.37. The Hall–Kier alpha value is -6.88. The Labute approximate surface area is 409 Å². The number of hydrogen-bond acceptors (Lipinski definition) is 11. The summed E-state index contributed by atoms with van der Waals surface area (Å²) in [5.74, 6) is 1.78. The lowest BCUT2D eigenvalue weighted by molar-refractivity contribution is -0.117. The maximum Gasteiger partial charge on any atom is 0.414 e. The van der Waals surface area contributed by atoms with Gasteiger partial charge in [0, 0.05) is 111 Å². The van der Waals surface area contributed by atoms with Crippen LogP contribution in [0.1, 0.15) is 50.7 Å². The first kappa shape index (κ1) is 48.2. The molecule has 15 heteroatoms. The van der Waals surface area contributed by atoms with Crippen LogP contribution in [0.25, 0.3) is 44.3 Å². The Morgan fingerprint density at radius 2 is 1.09 bits per heavy atom. The number of fused-ring (bicyclic) bond motifs is 2. The van der Waals surface area contributed by atoms with E-state index in [9.17, 15) is 20.1 Å². The minimum Gasteiger partial charge on any atom is -0.493 e. The van der Waals surface area contributed by atoms with Crippen molar-refractivity contribution < 1.29 is 33.3 Å². The largest absolute Gasteiger partial charge is 0.493 e. The third-order valence-electron chi connectivity index (χ3n) is 13.6. The van der Waals surface area contributed by atoms with Gasteiger partial charge < -0.3 is 37.7 Å². The van der Waals surface area contributed by atoms with Crippen molar-refractivity contribution in [2.45, 2.75) is 52.6 Å². The molecule has 0 saturated carbocycles. The molecule has 6 aromatic rings. The first-order valence-corrected chi connectivity index (χ1v) is 24.8. The fourth-order valence-corrected chi connectivity index (χ4v) is 10.1. The zero-order valence-electron chi connectivity index (χ0n) is 40.4. The maximum atomic E-state index is 12.3. The zero-order valence-corrected chi connectivity index (χ0v) is 40.4. The van der Waals surface area contributed by atoms with E-state index in [4.69, 9.17) is 23.7 Å². The van der Waals surface area contributed by atoms with E-state index in [2.05, 4.69) is 44.9 Å². The fourth-order valence-electron chi connectivity index (χ4n) is 10.1. The molecule has 0 spiro atoms. The number of cyclic esters (lactones) is 1. The molecule has 4 aliphatic rings. The smallest absolute Gasteiger partial charge is 0.414 e. The molecule has 15 nitrogen and oxygen atoms in total. The van der Waals surface area contributed by atoms with Crippen molar-refractivity contribution in [1.82, 2.24) is 18.9 Å². The van der Waals surface area contributed by atoms with Crippen LogP contribution in [0.15, 0.2) is 84.9 Å². The average molecular weight is 947 g/mol. The van der Waals surface area contributed by atoms with Gasteiger partial charge in [-0.1, -0.05) is 24.3 Å². The number of aromatic nitrogens is 2. The van der Waals surface area contributed by atoms with E-state index in [1.165, 1.54) is 0 Å². The van der Waals surface area contributed by atoms with Gasteiger partial charge in [0.05, 0.1) is 79.7 Å². The van der Waals surface area contributed by atoms with Crippen molar-refractivity contribution in [3.05, 3.63) is 96.1 Å². The lowest BCUT2D eigenvalue weighted by atomic mass is 10.0. The van der Waals surface area contributed by atoms with Crippen LogP contribution < -0.4 is 19.3 Å². The van der Waals surface area contributed by atoms with Gasteiger partial charge in [-0.3, -0.25) is 19.5 Å². The molecular weight excluding hydrogens is 885 g/mol. The van der Waals surface area contributed by atoms with E-state index in [0.29, 0.717) is 50.5 Å². The first-order chi connectivity index (χ1) is 34.4. The summed E-state index contributed by atoms with van der Waals surface area (Å²) in [6, 6.07) is 32.5. The number of anilines is 2. The number of nitriles is 2. The van der Waals surface area contributed by atoms with Crippen LogP contribution in [0.2, 0.25) is 0 Å². The summed E-state index contributed by atoms with van der Waals surface area (Å²) in [6.07, 6.45) is 3.06. The minimum absolute atomic E-state index is 0.161. The number of aryl methyl sites for hydroxylation is 2. The first-order valence-electron chi connectivity index (χ1n) is 24.8. The second-order valence-corrected chi connectivity index (χ2v) is 17.8. The second-order valence-electron chi connectivity index (χ2n) is 17.8. The number of nitrogens with zero attached hydrogens (tertiary/aromatic N) is 8. The quantitative estimate of drug-likeness (QED) is 0.0858. The molecule has 10 rings (SSSR count). The molecule has 4 fully saturated rings. The highest BCUT2D eigenvalue weighted by atomic mass is 16.6. The molecule has 70 heavy (non-hydrogen) atoms. The van der Waals surface area contributed by atoms with Gasteiger partial charge in [-0.05, 0) is 81.6 Å². The van der Waals surface area contributed by atoms with Gasteiger partial charge in [-0.15, -0.1) is 0 Å². The number of carbonyl (C=O) groups excluding carboxylic acids is 2. The van der Waals surface area contributed by atoms with E-state index in [1.807, 2.05) is 89.8 Å². The molecule has 0 aliphatic carbocycles. The topological polar surface area (TPSA) is 151 Å². The van der Waals surface area contributed by atoms with Crippen LogP contribution in [0.3, 0.4) is 0 Å². The van der Waals surface area contributed by atoms with Gasteiger partial charge in [-0.2, -0.15) is 10.5 Å². The van der Waals surface area contributed by atoms with Crippen LogP contribution in [0.4, 0.5) is 16.2 Å². The molecule has 2 amide bonds. The number of hydrogen-bond donors (Lipinski definition) is 0. The Balaban J connectivity index is 0.000000174. The van der Waals surface area contributed by atoms with Gasteiger partial charge in [0.1, 0.15) is 30.2 Å². The van der Waals surface area contributed by atoms with Crippen molar-refractivity contribution >= 4 is 45.2 Å². The lowest BCUT2D eigenvalue weighted by Gasteiger charge is -2.26. The standard InChI is InChI=1S/C28H32N4O3.C27H30N4O4/c1-2-31-26-19-23(35-15-5-11-30-13-16-34-17-14-30)9-10-24(26)25(20-29)28(31)21-6-3-7-22(18-21)32-12-4-8-27(32)33;1-2-30-25-18-22(34-13-4-9-29-10-14-33-15-11-29)7-8-23(25)24(19-28)26(30)20-5-3-6-21(17-20)31-12-16-35-27(31)32/h3,6-7,9-10,18-19H,2,4-5,8,11-17H2,1H3;3,5-8,17-18H,2,4,9-16H2,1H3. The Bertz CT molecular complexity index is 2700. The number of morpholine rings is 2. The molecular formula is C55H62N8O7. The van der Waals surface area contributed by atoms with E-state index in [0.717, 1.165) is 165 Å². The zero-order chi connectivity index (χ0) is 48.4. The van der Waals surface area contributed by atoms with E-state index >= 15 is 0 Å². The van der Waals surface area contributed by atoms with Crippen LogP contribution in [0, 0.1) is 22.7 Å². The van der Waals surface area contributed by atoms with Crippen LogP contribution in [0.5, 0.6) is 11.5 Å². The normalized spacial score (nSPS) is 16.6. The highest BCUT2D eigenvalue weighted by Crippen LogP contribution is 2.39. The number of carbonyl (C=O) groups is 2. The number of ether oxygens (including phenoxy) is 5. The van der Waals surface area contributed by atoms with Gasteiger partial charge >= 0.3 is 6.09 Å². The van der Waals surface area contributed by atoms with E-state index in [-0.39, 0.29) is 12.0 Å². The summed E-state index contributed by atoms with van der Waals surface area (Å²) in [5, 5.41) is 22.0. The van der Waals surface area contributed by atoms with Crippen LogP contribution >= 0.6 is 0 Å². The maximum absolute atomic E-state index is 12.3. The summed E-state index contributed by atoms with van der Waals surface area (Å²) in [6.45, 7) is 17.7. The highest BCUT2D eigenvalue weighted by molar-refractivity contribution is 5.99. The predicted octanol–water partition coefficient (Wildman–Crippen LogP) is 8.69. The molecule has 4 aliphatic heterocycles. The molecule has 0 N–H and O–H groups in total. The van der Waals surface area contributed by atoms with Gasteiger partial charge in [0.2, 0.25) is 5.91 Å². The van der Waals surface area contributed by atoms with Gasteiger partial charge in [-0.25, -0.2) is 4.79 Å². The third-order valence-corrected chi connectivity index (χ3v) is 13.6. The Kier molecular flexibility index (Phi) is 15.6. The molecule has 0 bridgehead atoms.